The van der Waals surface area contributed by atoms with Crippen molar-refractivity contribution in [2.75, 3.05) is 33.9 Å². The van der Waals surface area contributed by atoms with Crippen LogP contribution in [0.2, 0.25) is 0 Å². The SMILES string of the molecule is CCC(CC)(CN)N(C)S(=O)(=O)NCCOC. The summed E-state index contributed by atoms with van der Waals surface area (Å²) < 4.78 is 32.7. The maximum atomic E-state index is 12.0. The van der Waals surface area contributed by atoms with E-state index >= 15 is 0 Å². The van der Waals surface area contributed by atoms with E-state index in [1.807, 2.05) is 13.8 Å². The first-order chi connectivity index (χ1) is 7.90. The van der Waals surface area contributed by atoms with Crippen molar-refractivity contribution in [2.45, 2.75) is 32.2 Å². The van der Waals surface area contributed by atoms with Crippen molar-refractivity contribution in [3.05, 3.63) is 0 Å². The molecule has 0 saturated heterocycles. The van der Waals surface area contributed by atoms with Crippen molar-refractivity contribution in [2.24, 2.45) is 5.73 Å². The molecule has 0 aliphatic rings. The van der Waals surface area contributed by atoms with Gasteiger partial charge in [0, 0.05) is 32.8 Å². The summed E-state index contributed by atoms with van der Waals surface area (Å²) in [5.41, 5.74) is 5.21. The summed E-state index contributed by atoms with van der Waals surface area (Å²) in [6.45, 7) is 4.80. The van der Waals surface area contributed by atoms with Crippen LogP contribution < -0.4 is 10.5 Å². The number of hydrogen-bond acceptors (Lipinski definition) is 4. The lowest BCUT2D eigenvalue weighted by Crippen LogP contribution is -2.56. The fourth-order valence-corrected chi connectivity index (χ4v) is 3.11. The number of methoxy groups -OCH3 is 1. The lowest BCUT2D eigenvalue weighted by molar-refractivity contribution is 0.194. The highest BCUT2D eigenvalue weighted by atomic mass is 32.2. The van der Waals surface area contributed by atoms with Gasteiger partial charge in [0.15, 0.2) is 0 Å². The van der Waals surface area contributed by atoms with Crippen LogP contribution in [0.1, 0.15) is 26.7 Å². The van der Waals surface area contributed by atoms with Crippen molar-refractivity contribution in [3.8, 4) is 0 Å². The van der Waals surface area contributed by atoms with E-state index in [4.69, 9.17) is 10.5 Å². The molecule has 0 saturated carbocycles. The van der Waals surface area contributed by atoms with Crippen molar-refractivity contribution >= 4 is 10.2 Å². The quantitative estimate of drug-likeness (QED) is 0.572. The van der Waals surface area contributed by atoms with Crippen molar-refractivity contribution in [1.29, 1.82) is 0 Å². The second-order valence-corrected chi connectivity index (χ2v) is 5.78. The van der Waals surface area contributed by atoms with Crippen LogP contribution in [0.15, 0.2) is 0 Å². The van der Waals surface area contributed by atoms with Gasteiger partial charge in [-0.05, 0) is 12.8 Å². The molecule has 0 unspecified atom stereocenters. The Kier molecular flexibility index (Phi) is 7.18. The normalized spacial score (nSPS) is 13.3. The maximum Gasteiger partial charge on any atom is 0.279 e. The van der Waals surface area contributed by atoms with Gasteiger partial charge in [-0.15, -0.1) is 0 Å². The molecule has 0 aromatic heterocycles. The number of likely N-dealkylation sites (N-methyl/N-ethyl adjacent to an activating group) is 1. The molecule has 0 rings (SSSR count). The third-order valence-electron chi connectivity index (χ3n) is 3.32. The van der Waals surface area contributed by atoms with E-state index in [1.165, 1.54) is 11.4 Å². The minimum atomic E-state index is -3.50. The molecule has 6 nitrogen and oxygen atoms in total. The molecule has 0 aliphatic heterocycles. The van der Waals surface area contributed by atoms with E-state index in [0.717, 1.165) is 0 Å². The molecule has 3 N–H and O–H groups in total. The number of hydrogen-bond donors (Lipinski definition) is 2. The molecule has 17 heavy (non-hydrogen) atoms. The fraction of sp³-hybridized carbons (Fsp3) is 1.00. The number of rotatable bonds is 9. The second kappa shape index (κ2) is 7.27. The van der Waals surface area contributed by atoms with Crippen LogP contribution in [0.4, 0.5) is 0 Å². The van der Waals surface area contributed by atoms with E-state index < -0.39 is 15.7 Å². The lowest BCUT2D eigenvalue weighted by atomic mass is 9.93. The van der Waals surface area contributed by atoms with Crippen LogP contribution in [0.5, 0.6) is 0 Å². The van der Waals surface area contributed by atoms with E-state index in [0.29, 0.717) is 26.0 Å². The highest BCUT2D eigenvalue weighted by Crippen LogP contribution is 2.23. The fourth-order valence-electron chi connectivity index (χ4n) is 1.74. The zero-order valence-corrected chi connectivity index (χ0v) is 12.0. The Labute approximate surface area is 105 Å². The molecule has 0 amide bonds. The van der Waals surface area contributed by atoms with Crippen molar-refractivity contribution in [1.82, 2.24) is 9.03 Å². The third-order valence-corrected chi connectivity index (χ3v) is 4.99. The topological polar surface area (TPSA) is 84.7 Å². The highest BCUT2D eigenvalue weighted by Gasteiger charge is 2.36. The summed E-state index contributed by atoms with van der Waals surface area (Å²) in [4.78, 5) is 0. The van der Waals surface area contributed by atoms with Crippen LogP contribution in [-0.2, 0) is 14.9 Å². The van der Waals surface area contributed by atoms with E-state index in [-0.39, 0.29) is 6.54 Å². The first-order valence-corrected chi connectivity index (χ1v) is 7.26. The molecule has 0 aliphatic carbocycles. The van der Waals surface area contributed by atoms with Gasteiger partial charge in [0.2, 0.25) is 0 Å². The Morgan fingerprint density at radius 3 is 2.24 bits per heavy atom. The summed E-state index contributed by atoms with van der Waals surface area (Å²) in [6, 6.07) is 0. The largest absolute Gasteiger partial charge is 0.383 e. The zero-order valence-electron chi connectivity index (χ0n) is 11.2. The molecule has 0 aromatic carbocycles. The molecular weight excluding hydrogens is 242 g/mol. The van der Waals surface area contributed by atoms with Gasteiger partial charge >= 0.3 is 0 Å². The summed E-state index contributed by atoms with van der Waals surface area (Å²) in [5.74, 6) is 0. The number of ether oxygens (including phenoxy) is 1. The minimum absolute atomic E-state index is 0.261. The Balaban J connectivity index is 4.80. The molecule has 0 heterocycles. The van der Waals surface area contributed by atoms with Crippen LogP contribution in [-0.4, -0.2) is 52.1 Å². The number of nitrogens with zero attached hydrogens (tertiary/aromatic N) is 1. The standard InChI is InChI=1S/C10H25N3O3S/c1-5-10(6-2,9-11)13(3)17(14,15)12-7-8-16-4/h12H,5-9,11H2,1-4H3. The summed E-state index contributed by atoms with van der Waals surface area (Å²) in [7, 11) is -0.411. The molecule has 7 heteroatoms. The molecule has 0 aromatic rings. The van der Waals surface area contributed by atoms with E-state index in [9.17, 15) is 8.42 Å². The minimum Gasteiger partial charge on any atom is -0.383 e. The summed E-state index contributed by atoms with van der Waals surface area (Å²) in [5, 5.41) is 0. The molecule has 0 fully saturated rings. The number of nitrogens with one attached hydrogen (secondary N) is 1. The zero-order chi connectivity index (χ0) is 13.5. The third kappa shape index (κ3) is 4.18. The average molecular weight is 267 g/mol. The Bertz CT molecular complexity index is 294. The van der Waals surface area contributed by atoms with Gasteiger partial charge < -0.3 is 10.5 Å². The summed E-state index contributed by atoms with van der Waals surface area (Å²) in [6.07, 6.45) is 1.36. The Hall–Kier alpha value is -0.210. The first-order valence-electron chi connectivity index (χ1n) is 5.82. The molecule has 0 bridgehead atoms. The molecule has 104 valence electrons. The van der Waals surface area contributed by atoms with Crippen LogP contribution >= 0.6 is 0 Å². The average Bonchev–Trinajstić information content (AvgIpc) is 2.32. The van der Waals surface area contributed by atoms with Gasteiger partial charge in [0.1, 0.15) is 0 Å². The van der Waals surface area contributed by atoms with E-state index in [2.05, 4.69) is 4.72 Å². The van der Waals surface area contributed by atoms with Gasteiger partial charge in [0.05, 0.1) is 6.61 Å². The van der Waals surface area contributed by atoms with Crippen molar-refractivity contribution in [3.63, 3.8) is 0 Å². The smallest absolute Gasteiger partial charge is 0.279 e. The monoisotopic (exact) mass is 267 g/mol. The number of nitrogens with two attached hydrogens (primary N) is 1. The van der Waals surface area contributed by atoms with Gasteiger partial charge in [-0.2, -0.15) is 17.4 Å². The van der Waals surface area contributed by atoms with Gasteiger partial charge in [-0.3, -0.25) is 0 Å². The highest BCUT2D eigenvalue weighted by molar-refractivity contribution is 7.87. The second-order valence-electron chi connectivity index (χ2n) is 4.00. The molecular formula is C10H25N3O3S. The van der Waals surface area contributed by atoms with Crippen molar-refractivity contribution < 1.29 is 13.2 Å². The van der Waals surface area contributed by atoms with Crippen LogP contribution in [0.3, 0.4) is 0 Å². The molecule has 0 spiro atoms. The predicted octanol–water partition coefficient (Wildman–Crippen LogP) is -0.0835. The maximum absolute atomic E-state index is 12.0. The van der Waals surface area contributed by atoms with Crippen LogP contribution in [0.25, 0.3) is 0 Å². The van der Waals surface area contributed by atoms with E-state index in [1.54, 1.807) is 7.05 Å². The lowest BCUT2D eigenvalue weighted by Gasteiger charge is -2.38. The Morgan fingerprint density at radius 1 is 1.35 bits per heavy atom. The van der Waals surface area contributed by atoms with Crippen LogP contribution in [0, 0.1) is 0 Å². The van der Waals surface area contributed by atoms with Gasteiger partial charge in [-0.1, -0.05) is 13.8 Å². The Morgan fingerprint density at radius 2 is 1.88 bits per heavy atom. The molecule has 0 radical (unpaired) electrons. The summed E-state index contributed by atoms with van der Waals surface area (Å²) >= 11 is 0. The predicted molar refractivity (Wildman–Crippen MR) is 68.9 cm³/mol. The molecule has 0 atom stereocenters. The first kappa shape index (κ1) is 16.8. The van der Waals surface area contributed by atoms with Gasteiger partial charge in [-0.25, -0.2) is 0 Å². The van der Waals surface area contributed by atoms with Gasteiger partial charge in [0.25, 0.3) is 10.2 Å².